The molecule has 0 saturated carbocycles. The summed E-state index contributed by atoms with van der Waals surface area (Å²) in [6.45, 7) is 3.63. The second-order valence-electron chi connectivity index (χ2n) is 9.57. The van der Waals surface area contributed by atoms with Crippen LogP contribution < -0.4 is 9.64 Å². The van der Waals surface area contributed by atoms with Crippen LogP contribution in [-0.4, -0.2) is 55.3 Å². The number of nitrogens with zero attached hydrogens (tertiary/aromatic N) is 2. The molecule has 1 aliphatic carbocycles. The van der Waals surface area contributed by atoms with Crippen molar-refractivity contribution in [1.29, 1.82) is 0 Å². The van der Waals surface area contributed by atoms with Crippen molar-refractivity contribution >= 4 is 23.2 Å². The number of ketones is 1. The summed E-state index contributed by atoms with van der Waals surface area (Å²) < 4.78 is 8.40. The van der Waals surface area contributed by atoms with Gasteiger partial charge in [-0.2, -0.15) is 0 Å². The first kappa shape index (κ1) is 23.5. The lowest BCUT2D eigenvalue weighted by atomic mass is 9.74. The zero-order valence-corrected chi connectivity index (χ0v) is 20.5. The number of hydrogen-bond acceptors (Lipinski definition) is 4. The molecule has 0 fully saturated rings. The van der Waals surface area contributed by atoms with Gasteiger partial charge in [-0.15, -0.1) is 0 Å². The second kappa shape index (κ2) is 8.93. The van der Waals surface area contributed by atoms with Crippen molar-refractivity contribution in [2.24, 2.45) is 11.8 Å². The number of carboxylic acids is 1. The van der Waals surface area contributed by atoms with Crippen molar-refractivity contribution in [3.63, 3.8) is 0 Å². The molecule has 1 N–H and O–H groups in total. The summed E-state index contributed by atoms with van der Waals surface area (Å²) in [5.41, 5.74) is 4.17. The number of aromatic carboxylic acids is 1. The van der Waals surface area contributed by atoms with Crippen LogP contribution in [0.15, 0.2) is 60.4 Å². The van der Waals surface area contributed by atoms with E-state index >= 15 is 0 Å². The van der Waals surface area contributed by atoms with Crippen LogP contribution in [0.4, 0.5) is 5.69 Å². The van der Waals surface area contributed by atoms with E-state index in [-0.39, 0.29) is 29.1 Å². The maximum absolute atomic E-state index is 12.6. The molecule has 2 aromatic rings. The molecule has 1 heterocycles. The van der Waals surface area contributed by atoms with Gasteiger partial charge in [0, 0.05) is 66.9 Å². The van der Waals surface area contributed by atoms with Crippen molar-refractivity contribution < 1.29 is 24.0 Å². The predicted octanol–water partition coefficient (Wildman–Crippen LogP) is 4.60. The Morgan fingerprint density at radius 1 is 1.06 bits per heavy atom. The Labute approximate surface area is 200 Å². The predicted molar refractivity (Wildman–Crippen MR) is 134 cm³/mol. The van der Waals surface area contributed by atoms with E-state index in [1.54, 1.807) is 12.1 Å². The van der Waals surface area contributed by atoms with Crippen LogP contribution in [0.3, 0.4) is 0 Å². The molecule has 6 nitrogen and oxygen atoms in total. The summed E-state index contributed by atoms with van der Waals surface area (Å²) in [4.78, 5) is 27.0. The van der Waals surface area contributed by atoms with E-state index < -0.39 is 5.97 Å². The number of carboxylic acid groups (broad SMARTS) is 1. The smallest absolute Gasteiger partial charge is 0.336 e. The Bertz CT molecular complexity index is 1260. The van der Waals surface area contributed by atoms with Gasteiger partial charge in [0.2, 0.25) is 5.71 Å². The van der Waals surface area contributed by atoms with E-state index in [0.717, 1.165) is 22.7 Å². The first-order chi connectivity index (χ1) is 16.1. The van der Waals surface area contributed by atoms with Crippen molar-refractivity contribution in [2.45, 2.75) is 19.8 Å². The van der Waals surface area contributed by atoms with Crippen LogP contribution in [0, 0.1) is 11.8 Å². The standard InChI is InChI=1S/C28H30N2O4/c1-16(2)27(31)17-7-10-20(23(13-17)28(32)33)26-21-11-8-18(29(3)4)14-24(21)34-25-15-19(30(5)6)9-12-22(25)26/h7-16,21,26H,1-6H3/p+1. The third-order valence-corrected chi connectivity index (χ3v) is 6.47. The molecular weight excluding hydrogens is 428 g/mol. The fourth-order valence-electron chi connectivity index (χ4n) is 4.57. The van der Waals surface area contributed by atoms with Crippen LogP contribution >= 0.6 is 0 Å². The fourth-order valence-corrected chi connectivity index (χ4v) is 4.57. The number of carbonyl (C=O) groups excluding carboxylic acids is 1. The quantitative estimate of drug-likeness (QED) is 0.523. The summed E-state index contributed by atoms with van der Waals surface area (Å²) in [5.74, 6) is -0.259. The van der Waals surface area contributed by atoms with Gasteiger partial charge >= 0.3 is 5.97 Å². The maximum atomic E-state index is 12.6. The second-order valence-corrected chi connectivity index (χ2v) is 9.57. The molecule has 2 aromatic carbocycles. The van der Waals surface area contributed by atoms with Gasteiger partial charge in [0.15, 0.2) is 5.78 Å². The molecule has 0 aromatic heterocycles. The van der Waals surface area contributed by atoms with Crippen molar-refractivity contribution in [3.05, 3.63) is 82.6 Å². The van der Waals surface area contributed by atoms with E-state index in [9.17, 15) is 14.7 Å². The molecule has 0 saturated heterocycles. The zero-order chi connectivity index (χ0) is 24.7. The van der Waals surface area contributed by atoms with Gasteiger partial charge in [-0.25, -0.2) is 9.37 Å². The Kier molecular flexibility index (Phi) is 6.17. The van der Waals surface area contributed by atoms with E-state index in [0.29, 0.717) is 16.9 Å². The Morgan fingerprint density at radius 2 is 1.76 bits per heavy atom. The molecule has 0 amide bonds. The number of benzene rings is 2. The van der Waals surface area contributed by atoms with Crippen LogP contribution in [0.1, 0.15) is 51.6 Å². The highest BCUT2D eigenvalue weighted by Crippen LogP contribution is 2.49. The summed E-state index contributed by atoms with van der Waals surface area (Å²) >= 11 is 0. The highest BCUT2D eigenvalue weighted by atomic mass is 16.5. The first-order valence-electron chi connectivity index (χ1n) is 11.4. The van der Waals surface area contributed by atoms with Crippen LogP contribution in [0.2, 0.25) is 0 Å². The molecule has 2 aliphatic rings. The average molecular weight is 460 g/mol. The number of hydrogen-bond donors (Lipinski definition) is 1. The first-order valence-corrected chi connectivity index (χ1v) is 11.4. The molecule has 0 bridgehead atoms. The zero-order valence-electron chi connectivity index (χ0n) is 20.5. The van der Waals surface area contributed by atoms with E-state index in [1.165, 1.54) is 6.07 Å². The van der Waals surface area contributed by atoms with Gasteiger partial charge in [0.05, 0.1) is 5.56 Å². The fraction of sp³-hybridized carbons (Fsp3) is 0.321. The molecule has 1 aliphatic heterocycles. The number of fused-ring (bicyclic) bond motifs is 2. The van der Waals surface area contributed by atoms with E-state index in [4.69, 9.17) is 4.74 Å². The van der Waals surface area contributed by atoms with Crippen LogP contribution in [-0.2, 0) is 0 Å². The number of carbonyl (C=O) groups is 2. The Balaban J connectivity index is 1.94. The average Bonchev–Trinajstić information content (AvgIpc) is 2.80. The van der Waals surface area contributed by atoms with Crippen molar-refractivity contribution in [2.75, 3.05) is 33.1 Å². The van der Waals surface area contributed by atoms with E-state index in [1.807, 2.05) is 81.9 Å². The number of anilines is 1. The van der Waals surface area contributed by atoms with Crippen molar-refractivity contribution in [3.8, 4) is 5.75 Å². The molecule has 176 valence electrons. The molecule has 34 heavy (non-hydrogen) atoms. The van der Waals surface area contributed by atoms with Crippen LogP contribution in [0.5, 0.6) is 5.75 Å². The number of rotatable bonds is 5. The third-order valence-electron chi connectivity index (χ3n) is 6.47. The summed E-state index contributed by atoms with van der Waals surface area (Å²) in [5, 5.41) is 10.1. The summed E-state index contributed by atoms with van der Waals surface area (Å²) in [6.07, 6.45) is 6.14. The molecule has 0 radical (unpaired) electrons. The minimum Gasteiger partial charge on any atom is -0.478 e. The molecule has 4 rings (SSSR count). The summed E-state index contributed by atoms with van der Waals surface area (Å²) in [7, 11) is 7.89. The van der Waals surface area contributed by atoms with Gasteiger partial charge in [-0.05, 0) is 17.7 Å². The largest absolute Gasteiger partial charge is 0.478 e. The lowest BCUT2D eigenvalue weighted by Gasteiger charge is -2.36. The van der Waals surface area contributed by atoms with Crippen LogP contribution in [0.25, 0.3) is 0 Å². The van der Waals surface area contributed by atoms with Gasteiger partial charge < -0.3 is 14.7 Å². The van der Waals surface area contributed by atoms with E-state index in [2.05, 4.69) is 6.08 Å². The molecule has 6 heteroatoms. The lowest BCUT2D eigenvalue weighted by molar-refractivity contribution is -0.462. The Morgan fingerprint density at radius 3 is 2.38 bits per heavy atom. The monoisotopic (exact) mass is 459 g/mol. The van der Waals surface area contributed by atoms with Gasteiger partial charge in [0.25, 0.3) is 0 Å². The summed E-state index contributed by atoms with van der Waals surface area (Å²) in [6, 6.07) is 11.1. The van der Waals surface area contributed by atoms with Gasteiger partial charge in [-0.1, -0.05) is 38.1 Å². The van der Waals surface area contributed by atoms with Crippen molar-refractivity contribution in [1.82, 2.24) is 0 Å². The highest BCUT2D eigenvalue weighted by Gasteiger charge is 2.39. The molecule has 0 spiro atoms. The maximum Gasteiger partial charge on any atom is 0.336 e. The minimum atomic E-state index is -1.04. The highest BCUT2D eigenvalue weighted by molar-refractivity contribution is 6.02. The third kappa shape index (κ3) is 4.16. The number of Topliss-reactive ketones (excluding diaryl/α,β-unsaturated/α-hetero) is 1. The molecular formula is C28H31N2O4+. The number of ether oxygens (including phenoxy) is 1. The molecule has 2 unspecified atom stereocenters. The van der Waals surface area contributed by atoms with Gasteiger partial charge in [0.1, 0.15) is 25.6 Å². The van der Waals surface area contributed by atoms with Gasteiger partial charge in [-0.3, -0.25) is 4.79 Å². The topological polar surface area (TPSA) is 69.9 Å². The Hall–Kier alpha value is -3.67. The molecule has 2 atom stereocenters. The SMILES string of the molecule is CC(C)C(=O)c1ccc(C2c3ccc(N(C)C)cc3OC3=CC(=[N+](C)C)C=CC32)c(C(=O)O)c1. The number of allylic oxidation sites excluding steroid dienone is 3. The minimum absolute atomic E-state index is 0.0691. The lowest BCUT2D eigenvalue weighted by Crippen LogP contribution is -2.29. The normalized spacial score (nSPS) is 18.6.